The van der Waals surface area contributed by atoms with Crippen molar-refractivity contribution in [3.63, 3.8) is 0 Å². The van der Waals surface area contributed by atoms with E-state index in [1.165, 1.54) is 11.3 Å². The van der Waals surface area contributed by atoms with Gasteiger partial charge >= 0.3 is 0 Å². The van der Waals surface area contributed by atoms with Gasteiger partial charge in [0.05, 0.1) is 4.88 Å². The maximum Gasteiger partial charge on any atom is 0.180 e. The van der Waals surface area contributed by atoms with Gasteiger partial charge in [0.2, 0.25) is 0 Å². The lowest BCUT2D eigenvalue weighted by Gasteiger charge is -2.12. The molecule has 0 radical (unpaired) electrons. The second-order valence-corrected chi connectivity index (χ2v) is 6.48. The summed E-state index contributed by atoms with van der Waals surface area (Å²) in [7, 11) is 0. The van der Waals surface area contributed by atoms with Crippen molar-refractivity contribution in [1.29, 1.82) is 0 Å². The molecule has 0 saturated heterocycles. The first-order valence-corrected chi connectivity index (χ1v) is 7.66. The molecule has 1 nitrogen and oxygen atoms in total. The zero-order valence-electron chi connectivity index (χ0n) is 9.82. The predicted molar refractivity (Wildman–Crippen MR) is 80.8 cm³/mol. The first kappa shape index (κ1) is 13.8. The van der Waals surface area contributed by atoms with Crippen molar-refractivity contribution in [3.8, 4) is 0 Å². The third-order valence-electron chi connectivity index (χ3n) is 2.81. The van der Waals surface area contributed by atoms with Gasteiger partial charge in [-0.2, -0.15) is 0 Å². The first-order chi connectivity index (χ1) is 8.63. The molecular weight excluding hydrogens is 332 g/mol. The van der Waals surface area contributed by atoms with Crippen LogP contribution in [0.5, 0.6) is 0 Å². The van der Waals surface area contributed by atoms with Crippen molar-refractivity contribution in [2.75, 3.05) is 0 Å². The Morgan fingerprint density at radius 2 is 2.06 bits per heavy atom. The Bertz CT molecular complexity index is 531. The average molecular weight is 344 g/mol. The van der Waals surface area contributed by atoms with Crippen molar-refractivity contribution in [3.05, 3.63) is 55.6 Å². The first-order valence-electron chi connectivity index (χ1n) is 5.67. The highest BCUT2D eigenvalue weighted by Gasteiger charge is 2.22. The van der Waals surface area contributed by atoms with Crippen molar-refractivity contribution in [1.82, 2.24) is 0 Å². The lowest BCUT2D eigenvalue weighted by atomic mass is 9.91. The molecule has 0 amide bonds. The molecule has 0 aliphatic heterocycles. The molecule has 0 N–H and O–H groups in total. The zero-order valence-corrected chi connectivity index (χ0v) is 13.0. The molecule has 1 unspecified atom stereocenters. The Morgan fingerprint density at radius 3 is 2.56 bits per heavy atom. The molecular formula is C14H12BrClOS. The van der Waals surface area contributed by atoms with E-state index in [4.69, 9.17) is 11.6 Å². The topological polar surface area (TPSA) is 17.1 Å². The Balaban J connectivity index is 2.31. The molecule has 4 heteroatoms. The number of thiophene rings is 1. The summed E-state index contributed by atoms with van der Waals surface area (Å²) >= 11 is 10.7. The molecule has 1 atom stereocenters. The summed E-state index contributed by atoms with van der Waals surface area (Å²) in [5.41, 5.74) is 1.06. The van der Waals surface area contributed by atoms with Gasteiger partial charge in [0, 0.05) is 10.4 Å². The summed E-state index contributed by atoms with van der Waals surface area (Å²) in [6, 6.07) is 11.7. The quantitative estimate of drug-likeness (QED) is 0.666. The maximum atomic E-state index is 12.5. The fraction of sp³-hybridized carbons (Fsp3) is 0.214. The van der Waals surface area contributed by atoms with Crippen LogP contribution in [-0.2, 0) is 0 Å². The Kier molecular flexibility index (Phi) is 4.60. The van der Waals surface area contributed by atoms with Crippen LogP contribution in [0.3, 0.4) is 0 Å². The van der Waals surface area contributed by atoms with Gasteiger partial charge in [-0.15, -0.1) is 11.3 Å². The highest BCUT2D eigenvalue weighted by Crippen LogP contribution is 2.35. The summed E-state index contributed by atoms with van der Waals surface area (Å²) in [6.45, 7) is 2.03. The van der Waals surface area contributed by atoms with Crippen LogP contribution in [0.1, 0.15) is 34.5 Å². The van der Waals surface area contributed by atoms with Crippen molar-refractivity contribution < 1.29 is 4.79 Å². The minimum atomic E-state index is -0.0900. The molecule has 0 spiro atoms. The second kappa shape index (κ2) is 6.00. The summed E-state index contributed by atoms with van der Waals surface area (Å²) < 4.78 is 1.42. The third kappa shape index (κ3) is 2.85. The largest absolute Gasteiger partial charge is 0.293 e. The number of halogens is 2. The highest BCUT2D eigenvalue weighted by molar-refractivity contribution is 9.10. The van der Waals surface area contributed by atoms with Crippen molar-refractivity contribution >= 4 is 44.7 Å². The number of carbonyl (C=O) groups excluding carboxylic acids is 1. The van der Waals surface area contributed by atoms with Gasteiger partial charge in [-0.3, -0.25) is 4.79 Å². The van der Waals surface area contributed by atoms with E-state index >= 15 is 0 Å². The molecule has 1 aromatic heterocycles. The van der Waals surface area contributed by atoms with E-state index < -0.39 is 0 Å². The minimum absolute atomic E-state index is 0.0900. The van der Waals surface area contributed by atoms with Crippen molar-refractivity contribution in [2.45, 2.75) is 19.3 Å². The Hall–Kier alpha value is -0.640. The molecule has 1 heterocycles. The maximum absolute atomic E-state index is 12.5. The number of rotatable bonds is 4. The molecule has 0 aliphatic rings. The second-order valence-electron chi connectivity index (χ2n) is 3.97. The highest BCUT2D eigenvalue weighted by atomic mass is 79.9. The fourth-order valence-electron chi connectivity index (χ4n) is 1.90. The average Bonchev–Trinajstić information content (AvgIpc) is 2.72. The molecule has 2 aromatic rings. The Morgan fingerprint density at radius 1 is 1.39 bits per heavy atom. The molecule has 1 aromatic carbocycles. The van der Waals surface area contributed by atoms with E-state index in [1.54, 1.807) is 6.07 Å². The molecule has 94 valence electrons. The summed E-state index contributed by atoms with van der Waals surface area (Å²) in [5.74, 6) is 0.0501. The van der Waals surface area contributed by atoms with E-state index in [0.29, 0.717) is 9.21 Å². The number of hydrogen-bond donors (Lipinski definition) is 0. The summed E-state index contributed by atoms with van der Waals surface area (Å²) in [6.07, 6.45) is 0.788. The molecule has 0 fully saturated rings. The van der Waals surface area contributed by atoms with Gasteiger partial charge in [-0.05, 0) is 34.0 Å². The van der Waals surface area contributed by atoms with Crippen LogP contribution in [0.4, 0.5) is 0 Å². The van der Waals surface area contributed by atoms with E-state index in [0.717, 1.165) is 16.5 Å². The van der Waals surface area contributed by atoms with Crippen molar-refractivity contribution in [2.24, 2.45) is 0 Å². The van der Waals surface area contributed by atoms with Crippen LogP contribution in [0, 0.1) is 0 Å². The van der Waals surface area contributed by atoms with Gasteiger partial charge < -0.3 is 0 Å². The van der Waals surface area contributed by atoms with Gasteiger partial charge in [0.25, 0.3) is 0 Å². The van der Waals surface area contributed by atoms with Crippen LogP contribution in [-0.4, -0.2) is 5.78 Å². The summed E-state index contributed by atoms with van der Waals surface area (Å²) in [4.78, 5) is 13.2. The number of hydrogen-bond acceptors (Lipinski definition) is 2. The molecule has 0 saturated carbocycles. The summed E-state index contributed by atoms with van der Waals surface area (Å²) in [5, 5.41) is 0. The van der Waals surface area contributed by atoms with Gasteiger partial charge in [0.1, 0.15) is 4.34 Å². The van der Waals surface area contributed by atoms with Crippen LogP contribution in [0.25, 0.3) is 0 Å². The van der Waals surface area contributed by atoms with Gasteiger partial charge in [0.15, 0.2) is 5.78 Å². The lowest BCUT2D eigenvalue weighted by molar-refractivity contribution is 0.0961. The minimum Gasteiger partial charge on any atom is -0.293 e. The van der Waals surface area contributed by atoms with E-state index in [9.17, 15) is 4.79 Å². The Labute approximate surface area is 124 Å². The fourth-order valence-corrected chi connectivity index (χ4v) is 3.59. The monoisotopic (exact) mass is 342 g/mol. The van der Waals surface area contributed by atoms with Crippen LogP contribution >= 0.6 is 38.9 Å². The van der Waals surface area contributed by atoms with E-state index in [-0.39, 0.29) is 11.7 Å². The van der Waals surface area contributed by atoms with E-state index in [1.807, 2.05) is 37.3 Å². The normalized spacial score (nSPS) is 12.4. The number of benzene rings is 1. The van der Waals surface area contributed by atoms with Crippen LogP contribution in [0.2, 0.25) is 4.34 Å². The molecule has 0 bridgehead atoms. The molecule has 18 heavy (non-hydrogen) atoms. The number of carbonyl (C=O) groups is 1. The predicted octanol–water partition coefficient (Wildman–Crippen LogP) is 5.54. The standard InChI is InChI=1S/C14H12BrClOS/c1-2-10(9-6-4-3-5-7-9)13(17)12-8-11(15)14(16)18-12/h3-8,10H,2H2,1H3. The van der Waals surface area contributed by atoms with E-state index in [2.05, 4.69) is 15.9 Å². The number of Topliss-reactive ketones (excluding diaryl/α,β-unsaturated/α-hetero) is 1. The smallest absolute Gasteiger partial charge is 0.180 e. The van der Waals surface area contributed by atoms with Gasteiger partial charge in [-0.25, -0.2) is 0 Å². The lowest BCUT2D eigenvalue weighted by Crippen LogP contribution is -2.10. The number of ketones is 1. The SMILES string of the molecule is CCC(C(=O)c1cc(Br)c(Cl)s1)c1ccccc1. The third-order valence-corrected chi connectivity index (χ3v) is 5.30. The zero-order chi connectivity index (χ0) is 13.1. The molecule has 0 aliphatic carbocycles. The molecule has 2 rings (SSSR count). The van der Waals surface area contributed by atoms with Crippen LogP contribution < -0.4 is 0 Å². The van der Waals surface area contributed by atoms with Crippen LogP contribution in [0.15, 0.2) is 40.9 Å². The van der Waals surface area contributed by atoms with Gasteiger partial charge in [-0.1, -0.05) is 48.9 Å².